The monoisotopic (exact) mass is 311 g/mol. The fraction of sp³-hybridized carbons (Fsp3) is 0.438. The first kappa shape index (κ1) is 17.5. The Morgan fingerprint density at radius 2 is 1.86 bits per heavy atom. The van der Waals surface area contributed by atoms with Crippen molar-refractivity contribution in [2.75, 3.05) is 6.61 Å². The van der Waals surface area contributed by atoms with Crippen LogP contribution in [0.2, 0.25) is 0 Å². The maximum atomic E-state index is 11.8. The smallest absolute Gasteiger partial charge is 0.339 e. The summed E-state index contributed by atoms with van der Waals surface area (Å²) < 4.78 is 11.1. The van der Waals surface area contributed by atoms with Gasteiger partial charge in [0.25, 0.3) is 0 Å². The van der Waals surface area contributed by atoms with E-state index in [2.05, 4.69) is 0 Å². The Hall–Kier alpha value is -1.52. The van der Waals surface area contributed by atoms with E-state index in [0.717, 1.165) is 28.7 Å². The van der Waals surface area contributed by atoms with Gasteiger partial charge in [0, 0.05) is 22.6 Å². The molecule has 1 aromatic carbocycles. The largest absolute Gasteiger partial charge is 0.493 e. The molecule has 2 aromatic rings. The van der Waals surface area contributed by atoms with Crippen molar-refractivity contribution in [2.24, 2.45) is 5.73 Å². The quantitative estimate of drug-likeness (QED) is 0.880. The fourth-order valence-corrected chi connectivity index (χ4v) is 2.14. The number of fused-ring (bicyclic) bond motifs is 1. The first-order chi connectivity index (χ1) is 9.41. The van der Waals surface area contributed by atoms with Crippen LogP contribution in [0.25, 0.3) is 11.0 Å². The van der Waals surface area contributed by atoms with Crippen molar-refractivity contribution in [1.82, 2.24) is 0 Å². The molecule has 1 atom stereocenters. The lowest BCUT2D eigenvalue weighted by Gasteiger charge is -2.13. The molecule has 0 fully saturated rings. The van der Waals surface area contributed by atoms with Gasteiger partial charge in [0.2, 0.25) is 0 Å². The molecule has 21 heavy (non-hydrogen) atoms. The van der Waals surface area contributed by atoms with Crippen LogP contribution in [0.5, 0.6) is 5.75 Å². The molecule has 0 aliphatic rings. The zero-order chi connectivity index (χ0) is 14.9. The van der Waals surface area contributed by atoms with Crippen molar-refractivity contribution >= 4 is 23.4 Å². The normalized spacial score (nSPS) is 12.0. The van der Waals surface area contributed by atoms with Crippen molar-refractivity contribution in [3.8, 4) is 5.75 Å². The molecule has 2 N–H and O–H groups in total. The summed E-state index contributed by atoms with van der Waals surface area (Å²) in [7, 11) is 0. The molecule has 0 unspecified atom stereocenters. The molecule has 0 saturated carbocycles. The Bertz CT molecular complexity index is 692. The van der Waals surface area contributed by atoms with Crippen LogP contribution < -0.4 is 16.1 Å². The molecule has 1 heterocycles. The molecule has 2 rings (SSSR count). The van der Waals surface area contributed by atoms with Crippen molar-refractivity contribution in [1.29, 1.82) is 0 Å². The third kappa shape index (κ3) is 3.57. The van der Waals surface area contributed by atoms with Gasteiger partial charge < -0.3 is 14.9 Å². The van der Waals surface area contributed by atoms with E-state index in [1.54, 1.807) is 6.92 Å². The van der Waals surface area contributed by atoms with Gasteiger partial charge in [0.05, 0.1) is 6.61 Å². The average molecular weight is 312 g/mol. The van der Waals surface area contributed by atoms with E-state index in [9.17, 15) is 4.79 Å². The van der Waals surface area contributed by atoms with Gasteiger partial charge in [-0.1, -0.05) is 0 Å². The van der Waals surface area contributed by atoms with E-state index >= 15 is 0 Å². The standard InChI is InChI=1S/C16H21NO3.ClH/c1-9(17)7-8-19-14-6-5-13-10(2)11(3)16(18)20-15(13)12(14)4;/h5-6,9H,7-8,17H2,1-4H3;1H/t9-;/m1./s1. The molecule has 0 spiro atoms. The first-order valence-corrected chi connectivity index (χ1v) is 6.83. The third-order valence-electron chi connectivity index (χ3n) is 3.65. The first-order valence-electron chi connectivity index (χ1n) is 6.83. The average Bonchev–Trinajstić information content (AvgIpc) is 2.39. The number of hydrogen-bond donors (Lipinski definition) is 1. The summed E-state index contributed by atoms with van der Waals surface area (Å²) in [4.78, 5) is 11.8. The molecule has 0 bridgehead atoms. The number of benzene rings is 1. The highest BCUT2D eigenvalue weighted by atomic mass is 35.5. The molecule has 116 valence electrons. The summed E-state index contributed by atoms with van der Waals surface area (Å²) in [5, 5.41) is 0.958. The lowest BCUT2D eigenvalue weighted by atomic mass is 10.0. The van der Waals surface area contributed by atoms with Gasteiger partial charge in [0.15, 0.2) is 0 Å². The maximum absolute atomic E-state index is 11.8. The Kier molecular flexibility index (Phi) is 5.81. The topological polar surface area (TPSA) is 65.5 Å². The Labute approximate surface area is 130 Å². The number of hydrogen-bond acceptors (Lipinski definition) is 4. The molecule has 0 saturated heterocycles. The van der Waals surface area contributed by atoms with Gasteiger partial charge in [-0.2, -0.15) is 0 Å². The number of ether oxygens (including phenoxy) is 1. The predicted molar refractivity (Wildman–Crippen MR) is 87.7 cm³/mol. The van der Waals surface area contributed by atoms with Crippen molar-refractivity contribution < 1.29 is 9.15 Å². The zero-order valence-electron chi connectivity index (χ0n) is 12.9. The number of halogens is 1. The molecule has 5 heteroatoms. The van der Waals surface area contributed by atoms with E-state index < -0.39 is 0 Å². The van der Waals surface area contributed by atoms with Gasteiger partial charge in [-0.25, -0.2) is 4.79 Å². The van der Waals surface area contributed by atoms with Crippen LogP contribution in [-0.4, -0.2) is 12.6 Å². The molecule has 1 aromatic heterocycles. The van der Waals surface area contributed by atoms with E-state index in [1.165, 1.54) is 0 Å². The molecule has 0 radical (unpaired) electrons. The van der Waals surface area contributed by atoms with Gasteiger partial charge in [0.1, 0.15) is 11.3 Å². The number of rotatable bonds is 4. The minimum Gasteiger partial charge on any atom is -0.493 e. The van der Waals surface area contributed by atoms with Crippen molar-refractivity contribution in [2.45, 2.75) is 40.2 Å². The summed E-state index contributed by atoms with van der Waals surface area (Å²) in [5.74, 6) is 0.740. The highest BCUT2D eigenvalue weighted by molar-refractivity contribution is 5.85. The summed E-state index contributed by atoms with van der Waals surface area (Å²) in [6, 6.07) is 3.97. The fourth-order valence-electron chi connectivity index (χ4n) is 2.14. The minimum atomic E-state index is -0.286. The van der Waals surface area contributed by atoms with Crippen LogP contribution in [-0.2, 0) is 0 Å². The van der Waals surface area contributed by atoms with Crippen molar-refractivity contribution in [3.63, 3.8) is 0 Å². The minimum absolute atomic E-state index is 0. The van der Waals surface area contributed by atoms with E-state index in [4.69, 9.17) is 14.9 Å². The molecule has 0 amide bonds. The summed E-state index contributed by atoms with van der Waals surface area (Å²) in [6.07, 6.45) is 0.786. The highest BCUT2D eigenvalue weighted by Gasteiger charge is 2.12. The van der Waals surface area contributed by atoms with Crippen LogP contribution in [0, 0.1) is 20.8 Å². The van der Waals surface area contributed by atoms with Gasteiger partial charge >= 0.3 is 5.63 Å². The SMILES string of the molecule is Cc1c(C)c2ccc(OCC[C@@H](C)N)c(C)c2oc1=O.Cl. The second-order valence-electron chi connectivity index (χ2n) is 5.32. The molecule has 4 nitrogen and oxygen atoms in total. The highest BCUT2D eigenvalue weighted by Crippen LogP contribution is 2.29. The lowest BCUT2D eigenvalue weighted by Crippen LogP contribution is -2.18. The Balaban J connectivity index is 0.00000220. The van der Waals surface area contributed by atoms with Crippen LogP contribution in [0.3, 0.4) is 0 Å². The third-order valence-corrected chi connectivity index (χ3v) is 3.65. The summed E-state index contributed by atoms with van der Waals surface area (Å²) in [5.41, 5.74) is 8.49. The summed E-state index contributed by atoms with van der Waals surface area (Å²) in [6.45, 7) is 8.12. The predicted octanol–water partition coefficient (Wildman–Crippen LogP) is 3.26. The Morgan fingerprint density at radius 1 is 1.19 bits per heavy atom. The second-order valence-corrected chi connectivity index (χ2v) is 5.32. The maximum Gasteiger partial charge on any atom is 0.339 e. The molecule has 0 aliphatic heterocycles. The van der Waals surface area contributed by atoms with E-state index in [-0.39, 0.29) is 24.1 Å². The van der Waals surface area contributed by atoms with Gasteiger partial charge in [-0.15, -0.1) is 12.4 Å². The molecular weight excluding hydrogens is 290 g/mol. The second kappa shape index (κ2) is 6.96. The van der Waals surface area contributed by atoms with Crippen LogP contribution in [0.4, 0.5) is 0 Å². The van der Waals surface area contributed by atoms with Crippen LogP contribution in [0.1, 0.15) is 30.0 Å². The molecular formula is C16H22ClNO3. The van der Waals surface area contributed by atoms with Gasteiger partial charge in [-0.05, 0) is 51.8 Å². The number of aryl methyl sites for hydroxylation is 2. The lowest BCUT2D eigenvalue weighted by molar-refractivity contribution is 0.299. The van der Waals surface area contributed by atoms with Crippen LogP contribution >= 0.6 is 12.4 Å². The van der Waals surface area contributed by atoms with Gasteiger partial charge in [-0.3, -0.25) is 0 Å². The molecule has 0 aliphatic carbocycles. The summed E-state index contributed by atoms with van der Waals surface area (Å²) >= 11 is 0. The van der Waals surface area contributed by atoms with E-state index in [0.29, 0.717) is 17.8 Å². The van der Waals surface area contributed by atoms with Crippen molar-refractivity contribution in [3.05, 3.63) is 39.2 Å². The Morgan fingerprint density at radius 3 is 2.48 bits per heavy atom. The zero-order valence-corrected chi connectivity index (χ0v) is 13.7. The van der Waals surface area contributed by atoms with E-state index in [1.807, 2.05) is 32.9 Å². The number of nitrogens with two attached hydrogens (primary N) is 1. The van der Waals surface area contributed by atoms with Crippen LogP contribution in [0.15, 0.2) is 21.3 Å².